The molecule has 2 atom stereocenters. The minimum Gasteiger partial charge on any atom is -0.388 e. The third-order valence-corrected chi connectivity index (χ3v) is 3.47. The van der Waals surface area contributed by atoms with Crippen LogP contribution in [-0.4, -0.2) is 30.4 Å². The maximum atomic E-state index is 12.3. The zero-order chi connectivity index (χ0) is 12.4. The molecule has 1 N–H and O–H groups in total. The third kappa shape index (κ3) is 2.43. The van der Waals surface area contributed by atoms with Crippen molar-refractivity contribution < 1.29 is 4.79 Å². The molecule has 92 valence electrons. The predicted molar refractivity (Wildman–Crippen MR) is 70.3 cm³/mol. The molecular weight excluding hydrogens is 212 g/mol. The molecule has 0 bridgehead atoms. The summed E-state index contributed by atoms with van der Waals surface area (Å²) in [7, 11) is 1.88. The first-order valence-corrected chi connectivity index (χ1v) is 6.20. The number of carbonyl (C=O) groups excluding carboxylic acids is 1. The molecule has 2 unspecified atom stereocenters. The Morgan fingerprint density at radius 1 is 1.29 bits per heavy atom. The van der Waals surface area contributed by atoms with E-state index in [1.54, 1.807) is 0 Å². The summed E-state index contributed by atoms with van der Waals surface area (Å²) in [4.78, 5) is 14.3. The smallest absolute Gasteiger partial charge is 0.254 e. The van der Waals surface area contributed by atoms with Crippen LogP contribution in [0, 0.1) is 5.92 Å². The summed E-state index contributed by atoms with van der Waals surface area (Å²) in [6, 6.07) is 8.03. The molecule has 0 saturated carbocycles. The summed E-state index contributed by atoms with van der Waals surface area (Å²) in [5.41, 5.74) is 1.81. The van der Waals surface area contributed by atoms with E-state index in [1.165, 1.54) is 0 Å². The molecule has 1 aromatic rings. The third-order valence-electron chi connectivity index (χ3n) is 3.47. The second-order valence-corrected chi connectivity index (χ2v) is 4.97. The topological polar surface area (TPSA) is 32.3 Å². The van der Waals surface area contributed by atoms with Gasteiger partial charge >= 0.3 is 0 Å². The summed E-state index contributed by atoms with van der Waals surface area (Å²) in [6.07, 6.45) is 1.11. The second kappa shape index (κ2) is 4.78. The van der Waals surface area contributed by atoms with Gasteiger partial charge in [0, 0.05) is 30.9 Å². The SMILES string of the molecule is CNc1ccc(C(=O)N2CC(C)CC2C)cc1. The Bertz CT molecular complexity index is 399. The molecule has 0 aromatic heterocycles. The van der Waals surface area contributed by atoms with E-state index in [-0.39, 0.29) is 5.91 Å². The first-order chi connectivity index (χ1) is 8.11. The molecule has 17 heavy (non-hydrogen) atoms. The fourth-order valence-electron chi connectivity index (χ4n) is 2.53. The minimum absolute atomic E-state index is 0.157. The van der Waals surface area contributed by atoms with E-state index in [0.717, 1.165) is 24.2 Å². The lowest BCUT2D eigenvalue weighted by Gasteiger charge is -2.21. The summed E-state index contributed by atoms with van der Waals surface area (Å²) >= 11 is 0. The zero-order valence-electron chi connectivity index (χ0n) is 10.7. The number of nitrogens with one attached hydrogen (secondary N) is 1. The van der Waals surface area contributed by atoms with Gasteiger partial charge in [0.25, 0.3) is 5.91 Å². The molecule has 1 aromatic carbocycles. The Morgan fingerprint density at radius 3 is 2.41 bits per heavy atom. The van der Waals surface area contributed by atoms with E-state index in [1.807, 2.05) is 36.2 Å². The fourth-order valence-corrected chi connectivity index (χ4v) is 2.53. The first-order valence-electron chi connectivity index (χ1n) is 6.20. The molecule has 0 radical (unpaired) electrons. The molecule has 1 fully saturated rings. The number of benzene rings is 1. The number of carbonyl (C=O) groups is 1. The lowest BCUT2D eigenvalue weighted by molar-refractivity contribution is 0.0744. The van der Waals surface area contributed by atoms with Gasteiger partial charge < -0.3 is 10.2 Å². The fraction of sp³-hybridized carbons (Fsp3) is 0.500. The lowest BCUT2D eigenvalue weighted by atomic mass is 10.1. The standard InChI is InChI=1S/C14H20N2O/c1-10-8-11(2)16(9-10)14(17)12-4-6-13(15-3)7-5-12/h4-7,10-11,15H,8-9H2,1-3H3. The van der Waals surface area contributed by atoms with Gasteiger partial charge in [0.1, 0.15) is 0 Å². The van der Waals surface area contributed by atoms with Crippen LogP contribution in [-0.2, 0) is 0 Å². The van der Waals surface area contributed by atoms with Crippen LogP contribution < -0.4 is 5.32 Å². The summed E-state index contributed by atoms with van der Waals surface area (Å²) < 4.78 is 0. The quantitative estimate of drug-likeness (QED) is 0.850. The Labute approximate surface area is 103 Å². The van der Waals surface area contributed by atoms with Crippen LogP contribution in [0.25, 0.3) is 0 Å². The highest BCUT2D eigenvalue weighted by atomic mass is 16.2. The van der Waals surface area contributed by atoms with Gasteiger partial charge in [-0.2, -0.15) is 0 Å². The average Bonchev–Trinajstić information content (AvgIpc) is 2.68. The number of nitrogens with zero attached hydrogens (tertiary/aromatic N) is 1. The van der Waals surface area contributed by atoms with Gasteiger partial charge in [-0.3, -0.25) is 4.79 Å². The normalized spacial score (nSPS) is 23.8. The maximum Gasteiger partial charge on any atom is 0.254 e. The van der Waals surface area contributed by atoms with Crippen LogP contribution >= 0.6 is 0 Å². The molecule has 1 aliphatic heterocycles. The van der Waals surface area contributed by atoms with Crippen molar-refractivity contribution in [1.82, 2.24) is 4.90 Å². The average molecular weight is 232 g/mol. The van der Waals surface area contributed by atoms with Crippen molar-refractivity contribution in [1.29, 1.82) is 0 Å². The molecule has 0 spiro atoms. The van der Waals surface area contributed by atoms with Crippen LogP contribution in [0.5, 0.6) is 0 Å². The molecule has 3 nitrogen and oxygen atoms in total. The second-order valence-electron chi connectivity index (χ2n) is 4.97. The Morgan fingerprint density at radius 2 is 1.94 bits per heavy atom. The Kier molecular flexibility index (Phi) is 3.36. The number of hydrogen-bond donors (Lipinski definition) is 1. The molecule has 1 heterocycles. The molecule has 1 amide bonds. The number of likely N-dealkylation sites (tertiary alicyclic amines) is 1. The van der Waals surface area contributed by atoms with Crippen molar-refractivity contribution in [3.63, 3.8) is 0 Å². The van der Waals surface area contributed by atoms with Gasteiger partial charge in [-0.05, 0) is 43.5 Å². The highest BCUT2D eigenvalue weighted by molar-refractivity contribution is 5.95. The highest BCUT2D eigenvalue weighted by Gasteiger charge is 2.30. The van der Waals surface area contributed by atoms with Gasteiger partial charge in [-0.1, -0.05) is 6.92 Å². The van der Waals surface area contributed by atoms with E-state index in [0.29, 0.717) is 12.0 Å². The van der Waals surface area contributed by atoms with Crippen LogP contribution in [0.2, 0.25) is 0 Å². The van der Waals surface area contributed by atoms with Gasteiger partial charge in [0.2, 0.25) is 0 Å². The molecule has 2 rings (SSSR count). The summed E-state index contributed by atoms with van der Waals surface area (Å²) in [6.45, 7) is 5.21. The van der Waals surface area contributed by atoms with Crippen molar-refractivity contribution in [2.45, 2.75) is 26.3 Å². The molecule has 3 heteroatoms. The number of rotatable bonds is 2. The van der Waals surface area contributed by atoms with Crippen molar-refractivity contribution in [2.75, 3.05) is 18.9 Å². The minimum atomic E-state index is 0.157. The van der Waals surface area contributed by atoms with Crippen molar-refractivity contribution >= 4 is 11.6 Å². The molecule has 1 aliphatic rings. The van der Waals surface area contributed by atoms with E-state index in [2.05, 4.69) is 19.2 Å². The maximum absolute atomic E-state index is 12.3. The van der Waals surface area contributed by atoms with Crippen molar-refractivity contribution in [3.8, 4) is 0 Å². The van der Waals surface area contributed by atoms with E-state index in [9.17, 15) is 4.79 Å². The monoisotopic (exact) mass is 232 g/mol. The van der Waals surface area contributed by atoms with E-state index >= 15 is 0 Å². The number of hydrogen-bond acceptors (Lipinski definition) is 2. The number of anilines is 1. The summed E-state index contributed by atoms with van der Waals surface area (Å²) in [5.74, 6) is 0.773. The van der Waals surface area contributed by atoms with Gasteiger partial charge in [0.05, 0.1) is 0 Å². The van der Waals surface area contributed by atoms with E-state index < -0.39 is 0 Å². The van der Waals surface area contributed by atoms with Gasteiger partial charge in [-0.25, -0.2) is 0 Å². The van der Waals surface area contributed by atoms with Crippen LogP contribution in [0.4, 0.5) is 5.69 Å². The highest BCUT2D eigenvalue weighted by Crippen LogP contribution is 2.24. The molecular formula is C14H20N2O. The largest absolute Gasteiger partial charge is 0.388 e. The van der Waals surface area contributed by atoms with Crippen LogP contribution in [0.15, 0.2) is 24.3 Å². The molecule has 0 aliphatic carbocycles. The van der Waals surface area contributed by atoms with E-state index in [4.69, 9.17) is 0 Å². The Hall–Kier alpha value is -1.51. The zero-order valence-corrected chi connectivity index (χ0v) is 10.7. The van der Waals surface area contributed by atoms with Crippen LogP contribution in [0.1, 0.15) is 30.6 Å². The lowest BCUT2D eigenvalue weighted by Crippen LogP contribution is -2.33. The van der Waals surface area contributed by atoms with Gasteiger partial charge in [0.15, 0.2) is 0 Å². The molecule has 1 saturated heterocycles. The Balaban J connectivity index is 2.13. The van der Waals surface area contributed by atoms with Crippen LogP contribution in [0.3, 0.4) is 0 Å². The summed E-state index contributed by atoms with van der Waals surface area (Å²) in [5, 5.41) is 3.05. The number of amides is 1. The van der Waals surface area contributed by atoms with Crippen molar-refractivity contribution in [2.24, 2.45) is 5.92 Å². The van der Waals surface area contributed by atoms with Gasteiger partial charge in [-0.15, -0.1) is 0 Å². The predicted octanol–water partition coefficient (Wildman–Crippen LogP) is 2.60. The first kappa shape index (κ1) is 12.0. The van der Waals surface area contributed by atoms with Crippen molar-refractivity contribution in [3.05, 3.63) is 29.8 Å².